The van der Waals surface area contributed by atoms with E-state index < -0.39 is 18.2 Å². The van der Waals surface area contributed by atoms with Crippen LogP contribution in [0.1, 0.15) is 31.4 Å². The van der Waals surface area contributed by atoms with Gasteiger partial charge >= 0.3 is 0 Å². The zero-order valence-electron chi connectivity index (χ0n) is 16.9. The summed E-state index contributed by atoms with van der Waals surface area (Å²) in [4.78, 5) is 23.9. The third kappa shape index (κ3) is 6.76. The molecule has 2 rings (SSSR count). The Labute approximate surface area is 169 Å². The largest absolute Gasteiger partial charge is 0.497 e. The molecule has 2 amide bonds. The van der Waals surface area contributed by atoms with Crippen LogP contribution in [0.25, 0.3) is 0 Å². The van der Waals surface area contributed by atoms with Gasteiger partial charge in [-0.05, 0) is 38.1 Å². The molecule has 8 nitrogen and oxygen atoms in total. The molecule has 29 heavy (non-hydrogen) atoms. The zero-order chi connectivity index (χ0) is 21.2. The minimum absolute atomic E-state index is 0.399. The lowest BCUT2D eigenvalue weighted by molar-refractivity contribution is -0.129. The Morgan fingerprint density at radius 3 is 1.59 bits per heavy atom. The lowest BCUT2D eigenvalue weighted by Gasteiger charge is -2.06. The normalized spacial score (nSPS) is 11.6. The van der Waals surface area contributed by atoms with Crippen LogP contribution in [0, 0.1) is 0 Å². The van der Waals surface area contributed by atoms with E-state index in [1.54, 1.807) is 40.2 Å². The summed E-state index contributed by atoms with van der Waals surface area (Å²) in [7, 11) is 3.15. The van der Waals surface area contributed by atoms with Crippen LogP contribution in [0.15, 0.2) is 58.7 Å². The van der Waals surface area contributed by atoms with Gasteiger partial charge in [-0.2, -0.15) is 10.2 Å². The molecule has 8 heteroatoms. The number of carbonyl (C=O) groups excluding carboxylic acids is 2. The number of hydrogen-bond acceptors (Lipinski definition) is 6. The molecule has 0 unspecified atom stereocenters. The van der Waals surface area contributed by atoms with Crippen LogP contribution in [0.3, 0.4) is 0 Å². The molecule has 0 radical (unpaired) electrons. The van der Waals surface area contributed by atoms with Crippen molar-refractivity contribution in [2.45, 2.75) is 20.3 Å². The molecule has 0 heterocycles. The summed E-state index contributed by atoms with van der Waals surface area (Å²) < 4.78 is 10.3. The summed E-state index contributed by atoms with van der Waals surface area (Å²) in [6.07, 6.45) is -0.399. The molecule has 2 aromatic rings. The fraction of sp³-hybridized carbons (Fsp3) is 0.238. The number of methoxy groups -OCH3 is 2. The summed E-state index contributed by atoms with van der Waals surface area (Å²) in [6.45, 7) is 3.49. The molecule has 2 N–H and O–H groups in total. The predicted molar refractivity (Wildman–Crippen MR) is 111 cm³/mol. The van der Waals surface area contributed by atoms with Crippen LogP contribution < -0.4 is 20.3 Å². The SMILES string of the molecule is COc1cccc(/C(C)=N\NC(=O)CC(=O)N/N=C(/C)c2cccc(OC)c2)c1. The second-order valence-electron chi connectivity index (χ2n) is 6.11. The molecule has 0 atom stereocenters. The first kappa shape index (κ1) is 21.6. The number of carbonyl (C=O) groups is 2. The van der Waals surface area contributed by atoms with Crippen molar-refractivity contribution in [2.75, 3.05) is 14.2 Å². The van der Waals surface area contributed by atoms with Crippen LogP contribution in [0.4, 0.5) is 0 Å². The summed E-state index contributed by atoms with van der Waals surface area (Å²) in [6, 6.07) is 14.6. The Morgan fingerprint density at radius 2 is 1.21 bits per heavy atom. The van der Waals surface area contributed by atoms with E-state index in [0.29, 0.717) is 22.9 Å². The molecule has 0 spiro atoms. The first-order valence-corrected chi connectivity index (χ1v) is 8.88. The predicted octanol–water partition coefficient (Wildman–Crippen LogP) is 2.47. The molecule has 0 aliphatic heterocycles. The minimum atomic E-state index is -0.543. The van der Waals surface area contributed by atoms with Crippen LogP contribution in [0.2, 0.25) is 0 Å². The maximum Gasteiger partial charge on any atom is 0.249 e. The molecule has 0 aromatic heterocycles. The molecule has 0 aliphatic carbocycles. The first-order chi connectivity index (χ1) is 13.9. The van der Waals surface area contributed by atoms with E-state index >= 15 is 0 Å². The lowest BCUT2D eigenvalue weighted by Crippen LogP contribution is -2.28. The molecular formula is C21H24N4O4. The van der Waals surface area contributed by atoms with Gasteiger partial charge in [0.15, 0.2) is 0 Å². The van der Waals surface area contributed by atoms with Crippen LogP contribution in [0.5, 0.6) is 11.5 Å². The molecule has 0 fully saturated rings. The van der Waals surface area contributed by atoms with Crippen molar-refractivity contribution >= 4 is 23.2 Å². The van der Waals surface area contributed by atoms with Gasteiger partial charge in [-0.3, -0.25) is 9.59 Å². The number of rotatable bonds is 8. The molecule has 0 aliphatic rings. The van der Waals surface area contributed by atoms with E-state index in [2.05, 4.69) is 21.1 Å². The van der Waals surface area contributed by atoms with Crippen LogP contribution in [-0.2, 0) is 9.59 Å². The van der Waals surface area contributed by atoms with Gasteiger partial charge < -0.3 is 9.47 Å². The van der Waals surface area contributed by atoms with Crippen LogP contribution in [-0.4, -0.2) is 37.5 Å². The highest BCUT2D eigenvalue weighted by Crippen LogP contribution is 2.14. The average Bonchev–Trinajstić information content (AvgIpc) is 2.75. The molecular weight excluding hydrogens is 372 g/mol. The maximum absolute atomic E-state index is 11.9. The van der Waals surface area contributed by atoms with Crippen molar-refractivity contribution in [3.05, 3.63) is 59.7 Å². The van der Waals surface area contributed by atoms with Crippen molar-refractivity contribution in [1.29, 1.82) is 0 Å². The van der Waals surface area contributed by atoms with Crippen molar-refractivity contribution in [3.63, 3.8) is 0 Å². The number of ether oxygens (including phenoxy) is 2. The molecule has 2 aromatic carbocycles. The minimum Gasteiger partial charge on any atom is -0.497 e. The number of benzene rings is 2. The van der Waals surface area contributed by atoms with Crippen molar-refractivity contribution in [2.24, 2.45) is 10.2 Å². The van der Waals surface area contributed by atoms with Gasteiger partial charge in [-0.1, -0.05) is 24.3 Å². The van der Waals surface area contributed by atoms with Crippen molar-refractivity contribution in [1.82, 2.24) is 10.9 Å². The maximum atomic E-state index is 11.9. The van der Waals surface area contributed by atoms with E-state index in [9.17, 15) is 9.59 Å². The summed E-state index contributed by atoms with van der Waals surface area (Å²) in [5.74, 6) is 0.289. The Bertz CT molecular complexity index is 862. The van der Waals surface area contributed by atoms with E-state index in [0.717, 1.165) is 11.1 Å². The Kier molecular flexibility index (Phi) is 7.90. The van der Waals surface area contributed by atoms with Crippen molar-refractivity contribution in [3.8, 4) is 11.5 Å². The zero-order valence-corrected chi connectivity index (χ0v) is 16.9. The van der Waals surface area contributed by atoms with Gasteiger partial charge in [0.2, 0.25) is 11.8 Å². The second kappa shape index (κ2) is 10.6. The van der Waals surface area contributed by atoms with E-state index in [1.807, 2.05) is 36.4 Å². The number of nitrogens with one attached hydrogen (secondary N) is 2. The van der Waals surface area contributed by atoms with Gasteiger partial charge in [-0.25, -0.2) is 10.9 Å². The quantitative estimate of drug-likeness (QED) is 0.407. The number of amides is 2. The average molecular weight is 396 g/mol. The first-order valence-electron chi connectivity index (χ1n) is 8.88. The molecule has 0 saturated heterocycles. The summed E-state index contributed by atoms with van der Waals surface area (Å²) >= 11 is 0. The van der Waals surface area contributed by atoms with E-state index in [1.165, 1.54) is 0 Å². The summed E-state index contributed by atoms with van der Waals surface area (Å²) in [5.41, 5.74) is 7.50. The Morgan fingerprint density at radius 1 is 0.793 bits per heavy atom. The third-order valence-electron chi connectivity index (χ3n) is 3.99. The standard InChI is InChI=1S/C21H24N4O4/c1-14(16-7-5-9-18(11-16)28-3)22-24-20(26)13-21(27)25-23-15(2)17-8-6-10-19(12-17)29-4/h5-12H,13H2,1-4H3,(H,24,26)(H,25,27)/b22-14-,23-15-. The Hall–Kier alpha value is -3.68. The monoisotopic (exact) mass is 396 g/mol. The van der Waals surface area contributed by atoms with Crippen LogP contribution >= 0.6 is 0 Å². The van der Waals surface area contributed by atoms with Crippen molar-refractivity contribution < 1.29 is 19.1 Å². The van der Waals surface area contributed by atoms with Gasteiger partial charge in [0.25, 0.3) is 0 Å². The number of hydrogen-bond donors (Lipinski definition) is 2. The fourth-order valence-corrected chi connectivity index (χ4v) is 2.34. The second-order valence-corrected chi connectivity index (χ2v) is 6.11. The topological polar surface area (TPSA) is 101 Å². The lowest BCUT2D eigenvalue weighted by atomic mass is 10.1. The van der Waals surface area contributed by atoms with E-state index in [-0.39, 0.29) is 0 Å². The summed E-state index contributed by atoms with van der Waals surface area (Å²) in [5, 5.41) is 8.03. The highest BCUT2D eigenvalue weighted by molar-refractivity contribution is 6.02. The van der Waals surface area contributed by atoms with Gasteiger partial charge in [0.05, 0.1) is 25.6 Å². The van der Waals surface area contributed by atoms with E-state index in [4.69, 9.17) is 9.47 Å². The molecule has 0 bridgehead atoms. The third-order valence-corrected chi connectivity index (χ3v) is 3.99. The fourth-order valence-electron chi connectivity index (χ4n) is 2.34. The molecule has 0 saturated carbocycles. The Balaban J connectivity index is 1.88. The number of hydrazone groups is 2. The molecule has 152 valence electrons. The van der Waals surface area contributed by atoms with Gasteiger partial charge in [-0.15, -0.1) is 0 Å². The number of nitrogens with zero attached hydrogens (tertiary/aromatic N) is 2. The smallest absolute Gasteiger partial charge is 0.249 e. The van der Waals surface area contributed by atoms with Gasteiger partial charge in [0, 0.05) is 11.1 Å². The highest BCUT2D eigenvalue weighted by Gasteiger charge is 2.09. The highest BCUT2D eigenvalue weighted by atomic mass is 16.5. The van der Waals surface area contributed by atoms with Gasteiger partial charge in [0.1, 0.15) is 17.9 Å².